The van der Waals surface area contributed by atoms with Gasteiger partial charge in [0, 0.05) is 28.4 Å². The fraction of sp³-hybridized carbons (Fsp3) is 0.273. The molecule has 0 radical (unpaired) electrons. The van der Waals surface area contributed by atoms with Crippen molar-refractivity contribution in [2.45, 2.75) is 26.3 Å². The summed E-state index contributed by atoms with van der Waals surface area (Å²) in [5.74, 6) is 1.45. The van der Waals surface area contributed by atoms with Crippen molar-refractivity contribution in [2.24, 2.45) is 4.99 Å². The number of aliphatic imine (C=N–C) groups is 1. The molecule has 3 aromatic rings. The zero-order valence-electron chi connectivity index (χ0n) is 17.5. The van der Waals surface area contributed by atoms with Crippen LogP contribution in [0, 0.1) is 6.92 Å². The molecule has 0 fully saturated rings. The van der Waals surface area contributed by atoms with Crippen LogP contribution in [0.15, 0.2) is 47.5 Å². The first-order valence-electron chi connectivity index (χ1n) is 9.89. The van der Waals surface area contributed by atoms with Gasteiger partial charge in [0.2, 0.25) is 0 Å². The number of carbonyl (C=O) groups is 1. The van der Waals surface area contributed by atoms with E-state index < -0.39 is 11.6 Å². The number of hydrogen-bond donors (Lipinski definition) is 3. The zero-order chi connectivity index (χ0) is 22.2. The maximum absolute atomic E-state index is 12.1. The summed E-state index contributed by atoms with van der Waals surface area (Å²) >= 11 is 6.55. The number of amides is 2. The smallest absolute Gasteiger partial charge is 0.319 e. The summed E-state index contributed by atoms with van der Waals surface area (Å²) in [7, 11) is 0. The van der Waals surface area contributed by atoms with E-state index >= 15 is 0 Å². The number of anilines is 1. The minimum absolute atomic E-state index is 0.133. The summed E-state index contributed by atoms with van der Waals surface area (Å²) in [4.78, 5) is 17.2. The number of nitrogens with one attached hydrogen (secondary N) is 2. The van der Waals surface area contributed by atoms with E-state index in [1.165, 1.54) is 0 Å². The van der Waals surface area contributed by atoms with E-state index in [1.807, 2.05) is 67.8 Å². The molecule has 160 valence electrons. The topological polar surface area (TPSA) is 104 Å². The number of aliphatic hydroxyl groups excluding tert-OH is 1. The van der Waals surface area contributed by atoms with Crippen molar-refractivity contribution in [1.29, 1.82) is 0 Å². The maximum atomic E-state index is 12.1. The van der Waals surface area contributed by atoms with Crippen molar-refractivity contribution in [3.63, 3.8) is 0 Å². The van der Waals surface area contributed by atoms with Gasteiger partial charge < -0.3 is 15.7 Å². The van der Waals surface area contributed by atoms with Gasteiger partial charge in [-0.1, -0.05) is 29.8 Å². The fourth-order valence-electron chi connectivity index (χ4n) is 3.64. The number of nitrogens with zero attached hydrogens (tertiary/aromatic N) is 4. The third-order valence-corrected chi connectivity index (χ3v) is 5.37. The molecular formula is C22H23ClN6O2. The Balaban J connectivity index is 1.92. The minimum atomic E-state index is -0.666. The van der Waals surface area contributed by atoms with E-state index in [2.05, 4.69) is 20.8 Å². The molecule has 4 rings (SSSR count). The van der Waals surface area contributed by atoms with Crippen molar-refractivity contribution < 1.29 is 9.90 Å². The van der Waals surface area contributed by atoms with Crippen LogP contribution in [0.2, 0.25) is 5.02 Å². The Morgan fingerprint density at radius 2 is 1.94 bits per heavy atom. The van der Waals surface area contributed by atoms with E-state index in [9.17, 15) is 4.79 Å². The highest BCUT2D eigenvalue weighted by Gasteiger charge is 2.34. The van der Waals surface area contributed by atoms with Crippen LogP contribution in [0.5, 0.6) is 0 Å². The van der Waals surface area contributed by atoms with Crippen LogP contribution in [-0.2, 0) is 5.54 Å². The number of benzene rings is 2. The predicted octanol–water partition coefficient (Wildman–Crippen LogP) is 3.43. The molecule has 1 aromatic heterocycles. The van der Waals surface area contributed by atoms with Gasteiger partial charge in [-0.3, -0.25) is 9.56 Å². The van der Waals surface area contributed by atoms with Gasteiger partial charge in [0.05, 0.1) is 18.0 Å². The molecule has 0 spiro atoms. The Morgan fingerprint density at radius 1 is 1.16 bits per heavy atom. The number of aryl methyl sites for hydroxylation is 1. The van der Waals surface area contributed by atoms with Crippen LogP contribution in [0.4, 0.5) is 10.5 Å². The summed E-state index contributed by atoms with van der Waals surface area (Å²) in [6.45, 7) is 5.89. The van der Waals surface area contributed by atoms with E-state index in [0.29, 0.717) is 16.4 Å². The second-order valence-corrected chi connectivity index (χ2v) is 8.15. The minimum Gasteiger partial charge on any atom is -0.395 e. The van der Waals surface area contributed by atoms with E-state index in [0.717, 1.165) is 28.5 Å². The van der Waals surface area contributed by atoms with Gasteiger partial charge in [-0.15, -0.1) is 10.2 Å². The number of aromatic nitrogens is 3. The van der Waals surface area contributed by atoms with Crippen LogP contribution >= 0.6 is 11.6 Å². The van der Waals surface area contributed by atoms with Gasteiger partial charge in [-0.05, 0) is 45.0 Å². The summed E-state index contributed by atoms with van der Waals surface area (Å²) in [6.07, 6.45) is 0. The van der Waals surface area contributed by atoms with Crippen LogP contribution in [0.1, 0.15) is 36.6 Å². The number of aliphatic hydroxyl groups is 1. The lowest BCUT2D eigenvalue weighted by Crippen LogP contribution is -2.31. The number of carbonyl (C=O) groups excluding carboxylic acids is 1. The highest BCUT2D eigenvalue weighted by molar-refractivity contribution is 6.35. The first-order valence-corrected chi connectivity index (χ1v) is 10.3. The lowest BCUT2D eigenvalue weighted by atomic mass is 9.99. The third-order valence-electron chi connectivity index (χ3n) is 5.04. The number of urea groups is 1. The number of hydrogen-bond acceptors (Lipinski definition) is 5. The Morgan fingerprint density at radius 3 is 2.68 bits per heavy atom. The lowest BCUT2D eigenvalue weighted by molar-refractivity contribution is 0.245. The molecule has 9 heteroatoms. The quantitative estimate of drug-likeness (QED) is 0.580. The molecule has 8 nitrogen and oxygen atoms in total. The maximum Gasteiger partial charge on any atom is 0.319 e. The average Bonchev–Trinajstić information content (AvgIpc) is 3.09. The Bertz CT molecular complexity index is 1180. The van der Waals surface area contributed by atoms with Crippen LogP contribution < -0.4 is 10.6 Å². The summed E-state index contributed by atoms with van der Waals surface area (Å²) in [5, 5.41) is 23.5. The lowest BCUT2D eigenvalue weighted by Gasteiger charge is -2.18. The number of halogens is 1. The van der Waals surface area contributed by atoms with Crippen molar-refractivity contribution in [2.75, 3.05) is 18.5 Å². The second kappa shape index (κ2) is 8.13. The highest BCUT2D eigenvalue weighted by Crippen LogP contribution is 2.36. The predicted molar refractivity (Wildman–Crippen MR) is 120 cm³/mol. The van der Waals surface area contributed by atoms with Crippen LogP contribution in [0.25, 0.3) is 5.69 Å². The molecule has 0 bridgehead atoms. The fourth-order valence-corrected chi connectivity index (χ4v) is 3.86. The highest BCUT2D eigenvalue weighted by atomic mass is 35.5. The molecule has 31 heavy (non-hydrogen) atoms. The molecule has 0 saturated carbocycles. The molecule has 3 N–H and O–H groups in total. The summed E-state index contributed by atoms with van der Waals surface area (Å²) < 4.78 is 1.98. The first kappa shape index (κ1) is 21.0. The third kappa shape index (κ3) is 3.92. The van der Waals surface area contributed by atoms with Gasteiger partial charge in [-0.25, -0.2) is 4.79 Å². The Labute approximate surface area is 185 Å². The normalized spacial score (nSPS) is 14.2. The SMILES string of the molecule is Cc1nnc2n1-c1ccc(NC(=O)NCCO)cc1C(c1ccccc1Cl)=NC2(C)C. The van der Waals surface area contributed by atoms with Gasteiger partial charge in [-0.2, -0.15) is 0 Å². The van der Waals surface area contributed by atoms with E-state index in [1.54, 1.807) is 0 Å². The zero-order valence-corrected chi connectivity index (χ0v) is 18.2. The van der Waals surface area contributed by atoms with Gasteiger partial charge >= 0.3 is 6.03 Å². The van der Waals surface area contributed by atoms with E-state index in [-0.39, 0.29) is 13.2 Å². The second-order valence-electron chi connectivity index (χ2n) is 7.74. The first-order chi connectivity index (χ1) is 14.8. The van der Waals surface area contributed by atoms with Crippen molar-refractivity contribution in [1.82, 2.24) is 20.1 Å². The Hall–Kier alpha value is -3.23. The number of fused-ring (bicyclic) bond motifs is 3. The molecule has 0 saturated heterocycles. The Kier molecular flexibility index (Phi) is 5.51. The molecule has 2 amide bonds. The van der Waals surface area contributed by atoms with Gasteiger partial charge in [0.1, 0.15) is 11.4 Å². The number of rotatable bonds is 4. The molecule has 0 unspecified atom stereocenters. The summed E-state index contributed by atoms with van der Waals surface area (Å²) in [6, 6.07) is 12.7. The monoisotopic (exact) mass is 438 g/mol. The molecule has 2 heterocycles. The molecule has 1 aliphatic heterocycles. The molecule has 1 aliphatic rings. The van der Waals surface area contributed by atoms with E-state index in [4.69, 9.17) is 21.7 Å². The van der Waals surface area contributed by atoms with Crippen molar-refractivity contribution >= 4 is 29.0 Å². The molecule has 2 aromatic carbocycles. The molecular weight excluding hydrogens is 416 g/mol. The largest absolute Gasteiger partial charge is 0.395 e. The molecule has 0 aliphatic carbocycles. The van der Waals surface area contributed by atoms with Crippen LogP contribution in [-0.4, -0.2) is 44.8 Å². The van der Waals surface area contributed by atoms with Crippen molar-refractivity contribution in [3.8, 4) is 5.69 Å². The van der Waals surface area contributed by atoms with Gasteiger partial charge in [0.15, 0.2) is 5.82 Å². The molecule has 0 atom stereocenters. The average molecular weight is 439 g/mol. The van der Waals surface area contributed by atoms with Crippen molar-refractivity contribution in [3.05, 3.63) is 70.3 Å². The summed E-state index contributed by atoms with van der Waals surface area (Å²) in [5.41, 5.74) is 3.05. The standard InChI is InChI=1S/C22H23ClN6O2/c1-13-27-28-20-22(2,3)26-19(15-6-4-5-7-17(15)23)16-12-14(8-9-18(16)29(13)20)25-21(31)24-10-11-30/h4-9,12,30H,10-11H2,1-3H3,(H2,24,25,31). The van der Waals surface area contributed by atoms with Crippen LogP contribution in [0.3, 0.4) is 0 Å². The van der Waals surface area contributed by atoms with Gasteiger partial charge in [0.25, 0.3) is 0 Å².